The van der Waals surface area contributed by atoms with Crippen LogP contribution in [0.25, 0.3) is 0 Å². The van der Waals surface area contributed by atoms with Gasteiger partial charge in [0, 0.05) is 20.2 Å². The Bertz CT molecular complexity index is 435. The minimum Gasteiger partial charge on any atom is -0.379 e. The van der Waals surface area contributed by atoms with E-state index in [-0.39, 0.29) is 36.7 Å². The summed E-state index contributed by atoms with van der Waals surface area (Å²) in [6.07, 6.45) is 0.850. The second-order valence-electron chi connectivity index (χ2n) is 4.81. The molecule has 2 N–H and O–H groups in total. The van der Waals surface area contributed by atoms with Gasteiger partial charge < -0.3 is 15.4 Å². The normalized spacial score (nSPS) is 19.2. The van der Waals surface area contributed by atoms with Gasteiger partial charge in [-0.3, -0.25) is 4.79 Å². The average molecular weight is 303 g/mol. The first kappa shape index (κ1) is 16.9. The maximum absolute atomic E-state index is 12.9. The maximum atomic E-state index is 12.9. The largest absolute Gasteiger partial charge is 0.379 e. The Kier molecular flexibility index (Phi) is 6.39. The average Bonchev–Trinajstić information content (AvgIpc) is 2.94. The van der Waals surface area contributed by atoms with Crippen molar-refractivity contribution in [2.45, 2.75) is 18.4 Å². The second kappa shape index (κ2) is 7.57. The Hall–Kier alpha value is -1.17. The summed E-state index contributed by atoms with van der Waals surface area (Å²) in [5, 5.41) is 0. The summed E-state index contributed by atoms with van der Waals surface area (Å²) in [4.78, 5) is 14.1. The van der Waals surface area contributed by atoms with E-state index in [0.29, 0.717) is 13.2 Å². The number of nitrogens with two attached hydrogens (primary N) is 1. The van der Waals surface area contributed by atoms with Gasteiger partial charge >= 0.3 is 0 Å². The third-order valence-corrected chi connectivity index (χ3v) is 3.61. The molecule has 0 aliphatic carbocycles. The van der Waals surface area contributed by atoms with E-state index in [1.54, 1.807) is 24.1 Å². The Morgan fingerprint density at radius 3 is 2.65 bits per heavy atom. The van der Waals surface area contributed by atoms with Crippen molar-refractivity contribution in [3.05, 3.63) is 35.6 Å². The summed E-state index contributed by atoms with van der Waals surface area (Å²) in [5.74, 6) is -0.777. The SMILES string of the molecule is CN(C(=O)C(CN)c1ccc(F)cc1)C1CCOC1.Cl. The number of ether oxygens (including phenoxy) is 1. The minimum atomic E-state index is -0.425. The van der Waals surface area contributed by atoms with Crippen molar-refractivity contribution in [3.63, 3.8) is 0 Å². The predicted molar refractivity (Wildman–Crippen MR) is 77.4 cm³/mol. The first-order valence-electron chi connectivity index (χ1n) is 6.43. The highest BCUT2D eigenvalue weighted by molar-refractivity contribution is 5.85. The number of halogens is 2. The molecule has 112 valence electrons. The molecule has 2 rings (SSSR count). The van der Waals surface area contributed by atoms with E-state index in [0.717, 1.165) is 12.0 Å². The van der Waals surface area contributed by atoms with Crippen molar-refractivity contribution >= 4 is 18.3 Å². The molecule has 1 amide bonds. The standard InChI is InChI=1S/C14H19FN2O2.ClH/c1-17(12-6-7-19-9-12)14(18)13(8-16)10-2-4-11(15)5-3-10;/h2-5,12-13H,6-9,16H2,1H3;1H. The molecule has 6 heteroatoms. The van der Waals surface area contributed by atoms with Crippen LogP contribution in [-0.4, -0.2) is 43.7 Å². The lowest BCUT2D eigenvalue weighted by Gasteiger charge is -2.27. The van der Waals surface area contributed by atoms with Gasteiger partial charge in [0.1, 0.15) is 5.82 Å². The van der Waals surface area contributed by atoms with E-state index < -0.39 is 5.92 Å². The number of rotatable bonds is 4. The fourth-order valence-corrected chi connectivity index (χ4v) is 2.33. The van der Waals surface area contributed by atoms with Crippen LogP contribution in [0.1, 0.15) is 17.9 Å². The third kappa shape index (κ3) is 3.69. The Morgan fingerprint density at radius 2 is 2.15 bits per heavy atom. The van der Waals surface area contributed by atoms with E-state index in [1.165, 1.54) is 12.1 Å². The molecule has 0 bridgehead atoms. The van der Waals surface area contributed by atoms with Gasteiger partial charge in [-0.1, -0.05) is 12.1 Å². The summed E-state index contributed by atoms with van der Waals surface area (Å²) in [7, 11) is 1.77. The third-order valence-electron chi connectivity index (χ3n) is 3.61. The molecule has 2 unspecified atom stereocenters. The number of carbonyl (C=O) groups is 1. The minimum absolute atomic E-state index is 0. The fraction of sp³-hybridized carbons (Fsp3) is 0.500. The highest BCUT2D eigenvalue weighted by Gasteiger charge is 2.29. The lowest BCUT2D eigenvalue weighted by atomic mass is 9.97. The van der Waals surface area contributed by atoms with Gasteiger partial charge in [-0.25, -0.2) is 4.39 Å². The fourth-order valence-electron chi connectivity index (χ4n) is 2.33. The van der Waals surface area contributed by atoms with Gasteiger partial charge in [0.15, 0.2) is 0 Å². The first-order valence-corrected chi connectivity index (χ1v) is 6.43. The van der Waals surface area contributed by atoms with Crippen molar-refractivity contribution in [1.82, 2.24) is 4.90 Å². The molecule has 1 saturated heterocycles. The lowest BCUT2D eigenvalue weighted by Crippen LogP contribution is -2.42. The zero-order valence-corrected chi connectivity index (χ0v) is 12.2. The summed E-state index contributed by atoms with van der Waals surface area (Å²) in [5.41, 5.74) is 6.46. The molecule has 2 atom stereocenters. The van der Waals surface area contributed by atoms with E-state index in [2.05, 4.69) is 0 Å². The maximum Gasteiger partial charge on any atom is 0.231 e. The smallest absolute Gasteiger partial charge is 0.231 e. The van der Waals surface area contributed by atoms with Gasteiger partial charge in [-0.15, -0.1) is 12.4 Å². The summed E-state index contributed by atoms with van der Waals surface area (Å²) in [6, 6.07) is 6.04. The number of benzene rings is 1. The molecule has 1 fully saturated rings. The molecule has 4 nitrogen and oxygen atoms in total. The van der Waals surface area contributed by atoms with Gasteiger partial charge in [-0.05, 0) is 24.1 Å². The quantitative estimate of drug-likeness (QED) is 0.918. The van der Waals surface area contributed by atoms with E-state index in [1.807, 2.05) is 0 Å². The van der Waals surface area contributed by atoms with E-state index in [9.17, 15) is 9.18 Å². The lowest BCUT2D eigenvalue weighted by molar-refractivity contribution is -0.133. The molecule has 1 aromatic carbocycles. The Morgan fingerprint density at radius 1 is 1.50 bits per heavy atom. The predicted octanol–water partition coefficient (Wildman–Crippen LogP) is 1.54. The highest BCUT2D eigenvalue weighted by Crippen LogP contribution is 2.21. The number of hydrogen-bond acceptors (Lipinski definition) is 3. The number of nitrogens with zero attached hydrogens (tertiary/aromatic N) is 1. The molecule has 1 aromatic rings. The summed E-state index contributed by atoms with van der Waals surface area (Å²) < 4.78 is 18.2. The number of amides is 1. The van der Waals surface area contributed by atoms with Crippen LogP contribution in [0.3, 0.4) is 0 Å². The van der Waals surface area contributed by atoms with Crippen molar-refractivity contribution in [3.8, 4) is 0 Å². The Balaban J connectivity index is 0.00000200. The van der Waals surface area contributed by atoms with Crippen molar-refractivity contribution < 1.29 is 13.9 Å². The molecule has 0 radical (unpaired) electrons. The topological polar surface area (TPSA) is 55.6 Å². The van der Waals surface area contributed by atoms with Crippen molar-refractivity contribution in [2.75, 3.05) is 26.8 Å². The molecule has 1 heterocycles. The van der Waals surface area contributed by atoms with Crippen molar-refractivity contribution in [1.29, 1.82) is 0 Å². The van der Waals surface area contributed by atoms with Crippen LogP contribution < -0.4 is 5.73 Å². The number of hydrogen-bond donors (Lipinski definition) is 1. The van der Waals surface area contributed by atoms with Crippen LogP contribution in [0.15, 0.2) is 24.3 Å². The summed E-state index contributed by atoms with van der Waals surface area (Å²) in [6.45, 7) is 1.47. The van der Waals surface area contributed by atoms with Crippen LogP contribution in [0, 0.1) is 5.82 Å². The van der Waals surface area contributed by atoms with Crippen LogP contribution in [0.4, 0.5) is 4.39 Å². The molecular weight excluding hydrogens is 283 g/mol. The molecular formula is C14H20ClFN2O2. The zero-order chi connectivity index (χ0) is 13.8. The van der Waals surface area contributed by atoms with Gasteiger partial charge in [0.05, 0.1) is 18.6 Å². The molecule has 1 aliphatic rings. The summed E-state index contributed by atoms with van der Waals surface area (Å²) >= 11 is 0. The number of carbonyl (C=O) groups excluding carboxylic acids is 1. The zero-order valence-electron chi connectivity index (χ0n) is 11.4. The molecule has 1 aliphatic heterocycles. The first-order chi connectivity index (χ1) is 9.13. The van der Waals surface area contributed by atoms with Crippen LogP contribution in [-0.2, 0) is 9.53 Å². The molecule has 0 saturated carbocycles. The molecule has 0 spiro atoms. The van der Waals surface area contributed by atoms with Gasteiger partial charge in [0.2, 0.25) is 5.91 Å². The van der Waals surface area contributed by atoms with Crippen LogP contribution >= 0.6 is 12.4 Å². The highest BCUT2D eigenvalue weighted by atomic mass is 35.5. The monoisotopic (exact) mass is 302 g/mol. The van der Waals surface area contributed by atoms with E-state index >= 15 is 0 Å². The van der Waals surface area contributed by atoms with Gasteiger partial charge in [-0.2, -0.15) is 0 Å². The number of likely N-dealkylation sites (N-methyl/N-ethyl adjacent to an activating group) is 1. The molecule has 0 aromatic heterocycles. The Labute approximate surface area is 124 Å². The van der Waals surface area contributed by atoms with Gasteiger partial charge in [0.25, 0.3) is 0 Å². The molecule has 20 heavy (non-hydrogen) atoms. The van der Waals surface area contributed by atoms with Crippen molar-refractivity contribution in [2.24, 2.45) is 5.73 Å². The second-order valence-corrected chi connectivity index (χ2v) is 4.81. The van der Waals surface area contributed by atoms with Crippen LogP contribution in [0.2, 0.25) is 0 Å². The van der Waals surface area contributed by atoms with Crippen LogP contribution in [0.5, 0.6) is 0 Å². The van der Waals surface area contributed by atoms with E-state index in [4.69, 9.17) is 10.5 Å².